The number of hydrogen-bond acceptors (Lipinski definition) is 3. The van der Waals surface area contributed by atoms with Crippen molar-refractivity contribution in [1.82, 2.24) is 5.32 Å². The molecule has 2 aliphatic rings. The molecule has 106 valence electrons. The molecule has 1 saturated heterocycles. The summed E-state index contributed by atoms with van der Waals surface area (Å²) in [6.45, 7) is 1.50. The zero-order valence-corrected chi connectivity index (χ0v) is 11.7. The average Bonchev–Trinajstić information content (AvgIpc) is 2.37. The molecule has 1 aliphatic carbocycles. The first-order chi connectivity index (χ1) is 8.25. The second-order valence-electron chi connectivity index (χ2n) is 5.39. The molecule has 0 aromatic rings. The van der Waals surface area contributed by atoms with Crippen molar-refractivity contribution in [3.8, 4) is 0 Å². The van der Waals surface area contributed by atoms with Crippen molar-refractivity contribution < 1.29 is 9.53 Å². The maximum atomic E-state index is 11.9. The summed E-state index contributed by atoms with van der Waals surface area (Å²) in [5.74, 6) is 0.634. The molecule has 3 atom stereocenters. The number of hydrogen-bond donors (Lipinski definition) is 2. The third-order valence-corrected chi connectivity index (χ3v) is 3.86. The van der Waals surface area contributed by atoms with Crippen LogP contribution in [0.2, 0.25) is 0 Å². The molecule has 3 N–H and O–H groups in total. The second-order valence-corrected chi connectivity index (χ2v) is 5.39. The minimum atomic E-state index is -0.207. The van der Waals surface area contributed by atoms with E-state index in [1.807, 2.05) is 0 Å². The van der Waals surface area contributed by atoms with E-state index in [1.54, 1.807) is 0 Å². The van der Waals surface area contributed by atoms with E-state index in [0.29, 0.717) is 12.0 Å². The highest BCUT2D eigenvalue weighted by Gasteiger charge is 2.24. The monoisotopic (exact) mass is 276 g/mol. The third kappa shape index (κ3) is 4.75. The average molecular weight is 277 g/mol. The van der Waals surface area contributed by atoms with Crippen LogP contribution in [-0.4, -0.2) is 31.2 Å². The van der Waals surface area contributed by atoms with Crippen molar-refractivity contribution in [2.24, 2.45) is 11.7 Å². The number of carbonyl (C=O) groups is 1. The van der Waals surface area contributed by atoms with Crippen LogP contribution in [0.3, 0.4) is 0 Å². The third-order valence-electron chi connectivity index (χ3n) is 3.86. The van der Waals surface area contributed by atoms with Crippen LogP contribution in [0.1, 0.15) is 44.9 Å². The maximum Gasteiger partial charge on any atom is 0.249 e. The molecule has 4 nitrogen and oxygen atoms in total. The van der Waals surface area contributed by atoms with Gasteiger partial charge in [-0.05, 0) is 44.4 Å². The van der Waals surface area contributed by atoms with Gasteiger partial charge in [0.25, 0.3) is 0 Å². The van der Waals surface area contributed by atoms with Gasteiger partial charge in [-0.3, -0.25) is 4.79 Å². The number of amides is 1. The summed E-state index contributed by atoms with van der Waals surface area (Å²) in [6, 6.07) is 0.330. The summed E-state index contributed by atoms with van der Waals surface area (Å²) >= 11 is 0. The van der Waals surface area contributed by atoms with Crippen molar-refractivity contribution in [2.45, 2.75) is 57.1 Å². The molecule has 1 amide bonds. The standard InChI is InChI=1S/C13H24N2O2.ClH/c14-11-5-3-4-10(8-11)9-15-13(16)12-6-1-2-7-17-12;/h10-12H,1-9,14H2,(H,15,16);1H. The van der Waals surface area contributed by atoms with Gasteiger partial charge < -0.3 is 15.8 Å². The zero-order chi connectivity index (χ0) is 12.1. The first kappa shape index (κ1) is 15.7. The van der Waals surface area contributed by atoms with Gasteiger partial charge in [0.1, 0.15) is 6.10 Å². The molecule has 1 aliphatic heterocycles. The van der Waals surface area contributed by atoms with Crippen LogP contribution in [0.15, 0.2) is 0 Å². The molecule has 0 aromatic carbocycles. The summed E-state index contributed by atoms with van der Waals surface area (Å²) in [5.41, 5.74) is 5.94. The van der Waals surface area contributed by atoms with Gasteiger partial charge in [0.05, 0.1) is 0 Å². The van der Waals surface area contributed by atoms with E-state index >= 15 is 0 Å². The van der Waals surface area contributed by atoms with Crippen LogP contribution in [0, 0.1) is 5.92 Å². The lowest BCUT2D eigenvalue weighted by atomic mass is 9.86. The first-order valence-corrected chi connectivity index (χ1v) is 6.90. The van der Waals surface area contributed by atoms with Gasteiger partial charge in [-0.1, -0.05) is 6.42 Å². The van der Waals surface area contributed by atoms with Gasteiger partial charge in [-0.2, -0.15) is 0 Å². The van der Waals surface area contributed by atoms with E-state index in [1.165, 1.54) is 12.8 Å². The zero-order valence-electron chi connectivity index (χ0n) is 10.9. The van der Waals surface area contributed by atoms with Crippen molar-refractivity contribution >= 4 is 18.3 Å². The highest BCUT2D eigenvalue weighted by atomic mass is 35.5. The Bertz CT molecular complexity index is 257. The largest absolute Gasteiger partial charge is 0.368 e. The highest BCUT2D eigenvalue weighted by molar-refractivity contribution is 5.85. The molecule has 0 bridgehead atoms. The minimum absolute atomic E-state index is 0. The maximum absolute atomic E-state index is 11.9. The Hall–Kier alpha value is -0.320. The number of rotatable bonds is 3. The van der Waals surface area contributed by atoms with Gasteiger partial charge in [-0.25, -0.2) is 0 Å². The lowest BCUT2D eigenvalue weighted by Crippen LogP contribution is -2.42. The second kappa shape index (κ2) is 7.97. The van der Waals surface area contributed by atoms with Crippen LogP contribution in [-0.2, 0) is 9.53 Å². The Morgan fingerprint density at radius 2 is 2.06 bits per heavy atom. The van der Waals surface area contributed by atoms with Crippen molar-refractivity contribution in [1.29, 1.82) is 0 Å². The minimum Gasteiger partial charge on any atom is -0.368 e. The van der Waals surface area contributed by atoms with Crippen LogP contribution >= 0.6 is 12.4 Å². The fourth-order valence-electron chi connectivity index (χ4n) is 2.82. The van der Waals surface area contributed by atoms with E-state index in [9.17, 15) is 4.79 Å². The summed E-state index contributed by atoms with van der Waals surface area (Å²) in [6.07, 6.45) is 7.42. The predicted octanol–water partition coefficient (Wildman–Crippen LogP) is 1.61. The van der Waals surface area contributed by atoms with E-state index in [2.05, 4.69) is 5.32 Å². The van der Waals surface area contributed by atoms with Gasteiger partial charge in [0.2, 0.25) is 5.91 Å². The van der Waals surface area contributed by atoms with E-state index in [0.717, 1.165) is 45.3 Å². The van der Waals surface area contributed by atoms with Crippen molar-refractivity contribution in [2.75, 3.05) is 13.2 Å². The Balaban J connectivity index is 0.00000162. The molecule has 2 rings (SSSR count). The molecule has 18 heavy (non-hydrogen) atoms. The van der Waals surface area contributed by atoms with E-state index < -0.39 is 0 Å². The number of nitrogens with one attached hydrogen (secondary N) is 1. The number of nitrogens with two attached hydrogens (primary N) is 1. The molecular formula is C13H25ClN2O2. The van der Waals surface area contributed by atoms with E-state index in [4.69, 9.17) is 10.5 Å². The molecule has 1 saturated carbocycles. The number of carbonyl (C=O) groups excluding carboxylic acids is 1. The van der Waals surface area contributed by atoms with Crippen LogP contribution in [0.5, 0.6) is 0 Å². The fourth-order valence-corrected chi connectivity index (χ4v) is 2.82. The van der Waals surface area contributed by atoms with E-state index in [-0.39, 0.29) is 24.4 Å². The first-order valence-electron chi connectivity index (χ1n) is 6.90. The lowest BCUT2D eigenvalue weighted by Gasteiger charge is -2.28. The van der Waals surface area contributed by atoms with Crippen molar-refractivity contribution in [3.05, 3.63) is 0 Å². The molecule has 0 radical (unpaired) electrons. The molecule has 2 fully saturated rings. The van der Waals surface area contributed by atoms with Crippen LogP contribution < -0.4 is 11.1 Å². The Kier molecular flexibility index (Phi) is 6.97. The lowest BCUT2D eigenvalue weighted by molar-refractivity contribution is -0.135. The molecular weight excluding hydrogens is 252 g/mol. The van der Waals surface area contributed by atoms with Gasteiger partial charge in [0.15, 0.2) is 0 Å². The SMILES string of the molecule is Cl.NC1CCCC(CNC(=O)C2CCCCO2)C1. The summed E-state index contributed by atoms with van der Waals surface area (Å²) in [4.78, 5) is 11.9. The fraction of sp³-hybridized carbons (Fsp3) is 0.923. The summed E-state index contributed by atoms with van der Waals surface area (Å²) in [5, 5.41) is 3.02. The normalized spacial score (nSPS) is 32.4. The smallest absolute Gasteiger partial charge is 0.249 e. The molecule has 5 heteroatoms. The number of halogens is 1. The Morgan fingerprint density at radius 3 is 2.72 bits per heavy atom. The summed E-state index contributed by atoms with van der Waals surface area (Å²) < 4.78 is 5.46. The van der Waals surface area contributed by atoms with Crippen LogP contribution in [0.4, 0.5) is 0 Å². The molecule has 0 spiro atoms. The van der Waals surface area contributed by atoms with Crippen molar-refractivity contribution in [3.63, 3.8) is 0 Å². The highest BCUT2D eigenvalue weighted by Crippen LogP contribution is 2.22. The Morgan fingerprint density at radius 1 is 1.22 bits per heavy atom. The summed E-state index contributed by atoms with van der Waals surface area (Å²) in [7, 11) is 0. The van der Waals surface area contributed by atoms with Gasteiger partial charge >= 0.3 is 0 Å². The number of ether oxygens (including phenoxy) is 1. The Labute approximate surface area is 115 Å². The molecule has 0 aromatic heterocycles. The van der Waals surface area contributed by atoms with Gasteiger partial charge in [-0.15, -0.1) is 12.4 Å². The topological polar surface area (TPSA) is 64.3 Å². The quantitative estimate of drug-likeness (QED) is 0.823. The van der Waals surface area contributed by atoms with Gasteiger partial charge in [0, 0.05) is 19.2 Å². The van der Waals surface area contributed by atoms with Crippen LogP contribution in [0.25, 0.3) is 0 Å². The predicted molar refractivity (Wildman–Crippen MR) is 73.8 cm³/mol. The molecule has 1 heterocycles. The molecule has 3 unspecified atom stereocenters.